The molecule has 23 heavy (non-hydrogen) atoms. The van der Waals surface area contributed by atoms with Gasteiger partial charge in [-0.15, -0.1) is 0 Å². The van der Waals surface area contributed by atoms with Crippen LogP contribution >= 0.6 is 0 Å². The molecule has 0 saturated carbocycles. The molecule has 0 radical (unpaired) electrons. The molecule has 0 unspecified atom stereocenters. The number of ether oxygens (including phenoxy) is 1. The molecule has 0 saturated heterocycles. The van der Waals surface area contributed by atoms with Gasteiger partial charge in [-0.1, -0.05) is 31.2 Å². The van der Waals surface area contributed by atoms with Gasteiger partial charge in [-0.3, -0.25) is 4.79 Å². The lowest BCUT2D eigenvalue weighted by atomic mass is 10.1. The van der Waals surface area contributed by atoms with Crippen molar-refractivity contribution in [1.82, 2.24) is 5.32 Å². The Hall–Kier alpha value is -2.36. The molecule has 0 aromatic heterocycles. The molecule has 0 bridgehead atoms. The molecule has 2 rings (SSSR count). The van der Waals surface area contributed by atoms with Crippen LogP contribution in [0.1, 0.15) is 37.4 Å². The van der Waals surface area contributed by atoms with E-state index in [0.29, 0.717) is 12.2 Å². The van der Waals surface area contributed by atoms with Gasteiger partial charge < -0.3 is 10.1 Å². The Balaban J connectivity index is 2.00. The number of halogens is 1. The van der Waals surface area contributed by atoms with Gasteiger partial charge in [-0.2, -0.15) is 0 Å². The fourth-order valence-electron chi connectivity index (χ4n) is 2.32. The molecule has 0 aliphatic carbocycles. The Morgan fingerprint density at radius 3 is 2.52 bits per heavy atom. The Morgan fingerprint density at radius 2 is 1.91 bits per heavy atom. The van der Waals surface area contributed by atoms with Crippen molar-refractivity contribution < 1.29 is 13.9 Å². The molecule has 2 aromatic rings. The minimum Gasteiger partial charge on any atom is -0.481 e. The van der Waals surface area contributed by atoms with Gasteiger partial charge in [0.15, 0.2) is 6.10 Å². The summed E-state index contributed by atoms with van der Waals surface area (Å²) in [6, 6.07) is 13.5. The zero-order valence-corrected chi connectivity index (χ0v) is 13.7. The molecule has 0 spiro atoms. The van der Waals surface area contributed by atoms with Crippen LogP contribution in [0.3, 0.4) is 0 Å². The summed E-state index contributed by atoms with van der Waals surface area (Å²) in [6.07, 6.45) is 0.00956. The fourth-order valence-corrected chi connectivity index (χ4v) is 2.32. The van der Waals surface area contributed by atoms with Crippen molar-refractivity contribution >= 4 is 5.91 Å². The van der Waals surface area contributed by atoms with E-state index in [1.54, 1.807) is 12.1 Å². The van der Waals surface area contributed by atoms with E-state index in [4.69, 9.17) is 4.74 Å². The Bertz CT molecular complexity index is 655. The molecule has 2 aromatic carbocycles. The van der Waals surface area contributed by atoms with Crippen LogP contribution in [0.15, 0.2) is 48.5 Å². The van der Waals surface area contributed by atoms with Gasteiger partial charge in [-0.05, 0) is 55.7 Å². The topological polar surface area (TPSA) is 38.3 Å². The number of amides is 1. The summed E-state index contributed by atoms with van der Waals surface area (Å²) < 4.78 is 18.8. The Labute approximate surface area is 136 Å². The van der Waals surface area contributed by atoms with E-state index in [0.717, 1.165) is 11.1 Å². The number of benzene rings is 2. The largest absolute Gasteiger partial charge is 0.481 e. The molecule has 122 valence electrons. The van der Waals surface area contributed by atoms with E-state index in [9.17, 15) is 9.18 Å². The first kappa shape index (κ1) is 17.0. The molecule has 0 aliphatic heterocycles. The average molecular weight is 315 g/mol. The number of hydrogen-bond donors (Lipinski definition) is 1. The molecule has 2 atom stereocenters. The molecule has 1 amide bonds. The lowest BCUT2D eigenvalue weighted by Gasteiger charge is -2.21. The Kier molecular flexibility index (Phi) is 5.74. The van der Waals surface area contributed by atoms with E-state index in [2.05, 4.69) is 5.32 Å². The Morgan fingerprint density at radius 1 is 1.22 bits per heavy atom. The first-order valence-electron chi connectivity index (χ1n) is 7.78. The molecule has 4 heteroatoms. The highest BCUT2D eigenvalue weighted by Crippen LogP contribution is 2.17. The van der Waals surface area contributed by atoms with E-state index in [1.807, 2.05) is 45.0 Å². The van der Waals surface area contributed by atoms with Crippen molar-refractivity contribution in [1.29, 1.82) is 0 Å². The third-order valence-electron chi connectivity index (χ3n) is 3.66. The normalized spacial score (nSPS) is 13.2. The van der Waals surface area contributed by atoms with Crippen molar-refractivity contribution in [2.75, 3.05) is 0 Å². The summed E-state index contributed by atoms with van der Waals surface area (Å²) in [6.45, 7) is 5.75. The lowest BCUT2D eigenvalue weighted by molar-refractivity contribution is -0.128. The van der Waals surface area contributed by atoms with E-state index in [-0.39, 0.29) is 17.8 Å². The SMILES string of the molecule is CC[C@@H](Oc1cccc(C)c1)C(=O)N[C@@H](C)c1ccc(F)cc1. The van der Waals surface area contributed by atoms with Crippen molar-refractivity contribution in [2.24, 2.45) is 0 Å². The maximum Gasteiger partial charge on any atom is 0.261 e. The quantitative estimate of drug-likeness (QED) is 0.869. The highest BCUT2D eigenvalue weighted by molar-refractivity contribution is 5.81. The van der Waals surface area contributed by atoms with Crippen molar-refractivity contribution in [3.05, 3.63) is 65.5 Å². The first-order valence-corrected chi connectivity index (χ1v) is 7.78. The number of nitrogens with one attached hydrogen (secondary N) is 1. The van der Waals surface area contributed by atoms with Crippen molar-refractivity contribution in [3.63, 3.8) is 0 Å². The second kappa shape index (κ2) is 7.77. The first-order chi connectivity index (χ1) is 11.0. The van der Waals surface area contributed by atoms with Gasteiger partial charge in [0.1, 0.15) is 11.6 Å². The third kappa shape index (κ3) is 4.81. The van der Waals surface area contributed by atoms with E-state index in [1.165, 1.54) is 12.1 Å². The maximum absolute atomic E-state index is 13.0. The van der Waals surface area contributed by atoms with Crippen LogP contribution in [0.5, 0.6) is 5.75 Å². The predicted octanol–water partition coefficient (Wildman–Crippen LogP) is 4.17. The van der Waals surface area contributed by atoms with Crippen LogP contribution in [0.4, 0.5) is 4.39 Å². The standard InChI is InChI=1S/C19H22FNO2/c1-4-18(23-17-7-5-6-13(2)12-17)19(22)21-14(3)15-8-10-16(20)11-9-15/h5-12,14,18H,4H2,1-3H3,(H,21,22)/t14-,18+/m0/s1. The second-order valence-corrected chi connectivity index (χ2v) is 5.61. The van der Waals surface area contributed by atoms with Crippen LogP contribution in [0, 0.1) is 12.7 Å². The molecule has 0 fully saturated rings. The van der Waals surface area contributed by atoms with Gasteiger partial charge in [0, 0.05) is 0 Å². The zero-order valence-electron chi connectivity index (χ0n) is 13.7. The summed E-state index contributed by atoms with van der Waals surface area (Å²) in [5, 5.41) is 2.92. The number of carbonyl (C=O) groups is 1. The maximum atomic E-state index is 13.0. The third-order valence-corrected chi connectivity index (χ3v) is 3.66. The fraction of sp³-hybridized carbons (Fsp3) is 0.316. The summed E-state index contributed by atoms with van der Waals surface area (Å²) in [5.41, 5.74) is 1.93. The minimum atomic E-state index is -0.556. The minimum absolute atomic E-state index is 0.175. The van der Waals surface area contributed by atoms with Gasteiger partial charge in [0.05, 0.1) is 6.04 Å². The van der Waals surface area contributed by atoms with Crippen LogP contribution in [-0.4, -0.2) is 12.0 Å². The summed E-state index contributed by atoms with van der Waals surface area (Å²) >= 11 is 0. The second-order valence-electron chi connectivity index (χ2n) is 5.61. The summed E-state index contributed by atoms with van der Waals surface area (Å²) in [5.74, 6) is 0.216. The molecular formula is C19H22FNO2. The summed E-state index contributed by atoms with van der Waals surface area (Å²) in [4.78, 5) is 12.4. The zero-order chi connectivity index (χ0) is 16.8. The van der Waals surface area contributed by atoms with Crippen LogP contribution in [0.2, 0.25) is 0 Å². The number of hydrogen-bond acceptors (Lipinski definition) is 2. The average Bonchev–Trinajstić information content (AvgIpc) is 2.53. The molecule has 3 nitrogen and oxygen atoms in total. The van der Waals surface area contributed by atoms with Crippen molar-refractivity contribution in [2.45, 2.75) is 39.3 Å². The number of carbonyl (C=O) groups excluding carboxylic acids is 1. The lowest BCUT2D eigenvalue weighted by Crippen LogP contribution is -2.39. The highest BCUT2D eigenvalue weighted by atomic mass is 19.1. The molecule has 0 aliphatic rings. The summed E-state index contributed by atoms with van der Waals surface area (Å²) in [7, 11) is 0. The smallest absolute Gasteiger partial charge is 0.261 e. The van der Waals surface area contributed by atoms with Gasteiger partial charge in [-0.25, -0.2) is 4.39 Å². The van der Waals surface area contributed by atoms with Gasteiger partial charge in [0.25, 0.3) is 5.91 Å². The van der Waals surface area contributed by atoms with E-state index >= 15 is 0 Å². The van der Waals surface area contributed by atoms with Crippen molar-refractivity contribution in [3.8, 4) is 5.75 Å². The van der Waals surface area contributed by atoms with Crippen LogP contribution in [-0.2, 0) is 4.79 Å². The van der Waals surface area contributed by atoms with Crippen LogP contribution in [0.25, 0.3) is 0 Å². The monoisotopic (exact) mass is 315 g/mol. The molecular weight excluding hydrogens is 293 g/mol. The predicted molar refractivity (Wildman–Crippen MR) is 88.8 cm³/mol. The van der Waals surface area contributed by atoms with E-state index < -0.39 is 6.10 Å². The molecule has 1 N–H and O–H groups in total. The number of aryl methyl sites for hydroxylation is 1. The van der Waals surface area contributed by atoms with Crippen LogP contribution < -0.4 is 10.1 Å². The van der Waals surface area contributed by atoms with Gasteiger partial charge >= 0.3 is 0 Å². The van der Waals surface area contributed by atoms with Gasteiger partial charge in [0.2, 0.25) is 0 Å². The number of rotatable bonds is 6. The highest BCUT2D eigenvalue weighted by Gasteiger charge is 2.20. The molecule has 0 heterocycles.